The predicted octanol–water partition coefficient (Wildman–Crippen LogP) is 4.92. The van der Waals surface area contributed by atoms with E-state index in [4.69, 9.17) is 11.6 Å². The summed E-state index contributed by atoms with van der Waals surface area (Å²) in [6.07, 6.45) is 0. The van der Waals surface area contributed by atoms with Crippen molar-refractivity contribution in [3.05, 3.63) is 64.9 Å². The molecule has 1 atom stereocenters. The quantitative estimate of drug-likeness (QED) is 0.760. The maximum atomic E-state index is 13.6. The van der Waals surface area contributed by atoms with Gasteiger partial charge >= 0.3 is 0 Å². The van der Waals surface area contributed by atoms with Crippen LogP contribution in [0.1, 0.15) is 18.5 Å². The first-order valence-electron chi connectivity index (χ1n) is 6.57. The van der Waals surface area contributed by atoms with Gasteiger partial charge in [0.25, 0.3) is 0 Å². The van der Waals surface area contributed by atoms with E-state index in [0.717, 1.165) is 22.9 Å². The van der Waals surface area contributed by atoms with Gasteiger partial charge in [0.05, 0.1) is 0 Å². The van der Waals surface area contributed by atoms with Gasteiger partial charge < -0.3 is 5.32 Å². The second-order valence-corrected chi connectivity index (χ2v) is 5.84. The molecule has 0 aromatic heterocycles. The molecular formula is C16H17ClFNS. The first-order chi connectivity index (χ1) is 9.72. The number of nitrogens with one attached hydrogen (secondary N) is 1. The lowest BCUT2D eigenvalue weighted by Gasteiger charge is -2.19. The zero-order chi connectivity index (χ0) is 14.4. The number of hydrogen-bond acceptors (Lipinski definition) is 2. The van der Waals surface area contributed by atoms with Gasteiger partial charge in [-0.3, -0.25) is 0 Å². The maximum Gasteiger partial charge on any atom is 0.136 e. The Balaban J connectivity index is 2.11. The van der Waals surface area contributed by atoms with E-state index in [-0.39, 0.29) is 11.9 Å². The van der Waals surface area contributed by atoms with Crippen molar-refractivity contribution in [3.8, 4) is 0 Å². The van der Waals surface area contributed by atoms with E-state index in [1.54, 1.807) is 12.1 Å². The van der Waals surface area contributed by atoms with Gasteiger partial charge in [0.2, 0.25) is 0 Å². The van der Waals surface area contributed by atoms with Crippen molar-refractivity contribution in [2.24, 2.45) is 0 Å². The molecule has 4 heteroatoms. The third-order valence-electron chi connectivity index (χ3n) is 2.97. The summed E-state index contributed by atoms with van der Waals surface area (Å²) >= 11 is 7.75. The van der Waals surface area contributed by atoms with Crippen molar-refractivity contribution >= 4 is 23.4 Å². The zero-order valence-electron chi connectivity index (χ0n) is 11.3. The van der Waals surface area contributed by atoms with Gasteiger partial charge in [0, 0.05) is 21.7 Å². The highest BCUT2D eigenvalue weighted by atomic mass is 35.5. The molecule has 0 aliphatic heterocycles. The molecule has 0 bridgehead atoms. The summed E-state index contributed by atoms with van der Waals surface area (Å²) in [6.45, 7) is 2.89. The number of hydrogen-bond donors (Lipinski definition) is 1. The van der Waals surface area contributed by atoms with Crippen LogP contribution in [-0.2, 0) is 0 Å². The molecule has 0 heterocycles. The van der Waals surface area contributed by atoms with Crippen molar-refractivity contribution < 1.29 is 4.39 Å². The average molecular weight is 310 g/mol. The fraction of sp³-hybridized carbons (Fsp3) is 0.250. The zero-order valence-corrected chi connectivity index (χ0v) is 12.8. The normalized spacial score (nSPS) is 12.3. The largest absolute Gasteiger partial charge is 0.309 e. The minimum atomic E-state index is -0.174. The Morgan fingerprint density at radius 2 is 1.85 bits per heavy atom. The summed E-state index contributed by atoms with van der Waals surface area (Å²) < 4.78 is 13.6. The summed E-state index contributed by atoms with van der Waals surface area (Å²) in [5, 5.41) is 4.14. The number of benzene rings is 2. The molecule has 0 amide bonds. The summed E-state index contributed by atoms with van der Waals surface area (Å²) in [6, 6.07) is 14.7. The van der Waals surface area contributed by atoms with Gasteiger partial charge in [0.1, 0.15) is 5.82 Å². The molecule has 2 aromatic carbocycles. The molecule has 0 fully saturated rings. The summed E-state index contributed by atoms with van der Waals surface area (Å²) in [7, 11) is 0. The lowest BCUT2D eigenvalue weighted by molar-refractivity contribution is 0.595. The van der Waals surface area contributed by atoms with Gasteiger partial charge in [0.15, 0.2) is 0 Å². The molecule has 0 aliphatic rings. The van der Waals surface area contributed by atoms with Crippen LogP contribution in [0.5, 0.6) is 0 Å². The first-order valence-corrected chi connectivity index (χ1v) is 7.94. The smallest absolute Gasteiger partial charge is 0.136 e. The van der Waals surface area contributed by atoms with E-state index in [9.17, 15) is 4.39 Å². The third kappa shape index (κ3) is 3.98. The monoisotopic (exact) mass is 309 g/mol. The van der Waals surface area contributed by atoms with Crippen LogP contribution in [-0.4, -0.2) is 12.3 Å². The Labute approximate surface area is 128 Å². The lowest BCUT2D eigenvalue weighted by Crippen LogP contribution is -2.23. The minimum Gasteiger partial charge on any atom is -0.309 e. The molecule has 0 spiro atoms. The number of halogens is 2. The van der Waals surface area contributed by atoms with Crippen LogP contribution in [0.15, 0.2) is 53.4 Å². The van der Waals surface area contributed by atoms with E-state index in [2.05, 4.69) is 12.2 Å². The van der Waals surface area contributed by atoms with Crippen molar-refractivity contribution in [2.75, 3.05) is 12.3 Å². The van der Waals surface area contributed by atoms with Crippen molar-refractivity contribution in [3.63, 3.8) is 0 Å². The highest BCUT2D eigenvalue weighted by Gasteiger charge is 2.14. The molecule has 1 N–H and O–H groups in total. The molecule has 0 radical (unpaired) electrons. The van der Waals surface area contributed by atoms with Crippen molar-refractivity contribution in [1.82, 2.24) is 5.32 Å². The third-order valence-corrected chi connectivity index (χ3v) is 4.46. The number of thioether (sulfide) groups is 1. The Morgan fingerprint density at radius 1 is 1.15 bits per heavy atom. The minimum absolute atomic E-state index is 0.110. The first kappa shape index (κ1) is 15.4. The molecule has 0 saturated heterocycles. The summed E-state index contributed by atoms with van der Waals surface area (Å²) in [5.74, 6) is 0.560. The molecule has 2 rings (SSSR count). The van der Waals surface area contributed by atoms with Crippen LogP contribution in [0.3, 0.4) is 0 Å². The summed E-state index contributed by atoms with van der Waals surface area (Å²) in [4.78, 5) is 0.669. The Kier molecular flexibility index (Phi) is 5.89. The van der Waals surface area contributed by atoms with Gasteiger partial charge in [-0.05, 0) is 30.3 Å². The Hall–Kier alpha value is -1.03. The Morgan fingerprint density at radius 3 is 2.55 bits per heavy atom. The SMILES string of the molecule is CCNC(CSc1ccccc1F)c1ccccc1Cl. The number of rotatable bonds is 6. The van der Waals surface area contributed by atoms with E-state index in [1.807, 2.05) is 30.3 Å². The second-order valence-electron chi connectivity index (χ2n) is 4.37. The maximum absolute atomic E-state index is 13.6. The van der Waals surface area contributed by atoms with Gasteiger partial charge in [-0.1, -0.05) is 48.9 Å². The van der Waals surface area contributed by atoms with E-state index < -0.39 is 0 Å². The van der Waals surface area contributed by atoms with Crippen LogP contribution >= 0.6 is 23.4 Å². The van der Waals surface area contributed by atoms with Crippen LogP contribution in [0.25, 0.3) is 0 Å². The van der Waals surface area contributed by atoms with Crippen molar-refractivity contribution in [1.29, 1.82) is 0 Å². The second kappa shape index (κ2) is 7.67. The van der Waals surface area contributed by atoms with Crippen LogP contribution in [0, 0.1) is 5.82 Å². The fourth-order valence-corrected chi connectivity index (χ4v) is 3.29. The van der Waals surface area contributed by atoms with Crippen molar-refractivity contribution in [2.45, 2.75) is 17.9 Å². The lowest BCUT2D eigenvalue weighted by atomic mass is 10.1. The molecule has 1 nitrogen and oxygen atoms in total. The van der Waals surface area contributed by atoms with Crippen LogP contribution in [0.4, 0.5) is 4.39 Å². The molecule has 2 aromatic rings. The predicted molar refractivity (Wildman–Crippen MR) is 85.0 cm³/mol. The van der Waals surface area contributed by atoms with E-state index in [1.165, 1.54) is 17.8 Å². The van der Waals surface area contributed by atoms with Gasteiger partial charge in [-0.15, -0.1) is 11.8 Å². The molecule has 0 aliphatic carbocycles. The van der Waals surface area contributed by atoms with E-state index >= 15 is 0 Å². The van der Waals surface area contributed by atoms with Crippen LogP contribution < -0.4 is 5.32 Å². The summed E-state index contributed by atoms with van der Waals surface area (Å²) in [5.41, 5.74) is 1.06. The van der Waals surface area contributed by atoms with Crippen LogP contribution in [0.2, 0.25) is 5.02 Å². The Bertz CT molecular complexity index is 562. The molecular weight excluding hydrogens is 293 g/mol. The fourth-order valence-electron chi connectivity index (χ4n) is 2.00. The molecule has 1 unspecified atom stereocenters. The standard InChI is InChI=1S/C16H17ClFNS/c1-2-19-15(12-7-3-4-8-13(12)17)11-20-16-10-6-5-9-14(16)18/h3-10,15,19H,2,11H2,1H3. The topological polar surface area (TPSA) is 12.0 Å². The average Bonchev–Trinajstić information content (AvgIpc) is 2.46. The van der Waals surface area contributed by atoms with Gasteiger partial charge in [-0.2, -0.15) is 0 Å². The molecule has 20 heavy (non-hydrogen) atoms. The van der Waals surface area contributed by atoms with Gasteiger partial charge in [-0.25, -0.2) is 4.39 Å². The highest BCUT2D eigenvalue weighted by Crippen LogP contribution is 2.29. The highest BCUT2D eigenvalue weighted by molar-refractivity contribution is 7.99. The molecule has 0 saturated carbocycles. The van der Waals surface area contributed by atoms with E-state index in [0.29, 0.717) is 4.90 Å². The molecule has 106 valence electrons.